The fraction of sp³-hybridized carbons (Fsp3) is 0.571. The molecule has 19 heavy (non-hydrogen) atoms. The number of aliphatic hydroxyl groups is 1. The van der Waals surface area contributed by atoms with Crippen molar-refractivity contribution < 1.29 is 23.0 Å². The maximum absolute atomic E-state index is 12.0. The van der Waals surface area contributed by atoms with Crippen molar-refractivity contribution in [3.05, 3.63) is 29.8 Å². The summed E-state index contributed by atoms with van der Waals surface area (Å²) in [5.74, 6) is -0.141. The van der Waals surface area contributed by atoms with Crippen LogP contribution in [0.1, 0.15) is 32.8 Å². The fourth-order valence-electron chi connectivity index (χ4n) is 1.84. The number of hydrogen-bond acceptors (Lipinski definition) is 2. The Morgan fingerprint density at radius 2 is 1.74 bits per heavy atom. The summed E-state index contributed by atoms with van der Waals surface area (Å²) in [5.41, 5.74) is -0.0962. The van der Waals surface area contributed by atoms with E-state index in [1.54, 1.807) is 6.92 Å². The van der Waals surface area contributed by atoms with Crippen molar-refractivity contribution in [1.29, 1.82) is 0 Å². The molecule has 0 fully saturated rings. The van der Waals surface area contributed by atoms with Crippen LogP contribution in [0, 0.1) is 5.92 Å². The molecule has 0 saturated heterocycles. The highest BCUT2D eigenvalue weighted by Crippen LogP contribution is 2.27. The molecule has 0 amide bonds. The first-order chi connectivity index (χ1) is 8.64. The summed E-state index contributed by atoms with van der Waals surface area (Å²) in [6.45, 7) is 5.67. The van der Waals surface area contributed by atoms with E-state index in [0.29, 0.717) is 6.42 Å². The molecule has 0 radical (unpaired) electrons. The highest BCUT2D eigenvalue weighted by atomic mass is 19.4. The average Bonchev–Trinajstić information content (AvgIpc) is 2.28. The van der Waals surface area contributed by atoms with E-state index in [9.17, 15) is 18.3 Å². The van der Waals surface area contributed by atoms with Gasteiger partial charge in [-0.25, -0.2) is 0 Å². The Kier molecular flexibility index (Phi) is 4.85. The molecule has 1 N–H and O–H groups in total. The van der Waals surface area contributed by atoms with Gasteiger partial charge in [0.15, 0.2) is 0 Å². The summed E-state index contributed by atoms with van der Waals surface area (Å²) < 4.78 is 39.8. The molecule has 1 aromatic rings. The van der Waals surface area contributed by atoms with Gasteiger partial charge in [0.05, 0.1) is 5.60 Å². The van der Waals surface area contributed by atoms with E-state index in [0.717, 1.165) is 12.0 Å². The molecule has 0 aliphatic heterocycles. The number of halogens is 3. The van der Waals surface area contributed by atoms with Gasteiger partial charge in [-0.15, -0.1) is 13.2 Å². The second kappa shape index (κ2) is 5.82. The molecule has 0 spiro atoms. The van der Waals surface area contributed by atoms with Crippen LogP contribution in [0.3, 0.4) is 0 Å². The van der Waals surface area contributed by atoms with E-state index in [1.165, 1.54) is 24.3 Å². The van der Waals surface area contributed by atoms with E-state index in [4.69, 9.17) is 0 Å². The van der Waals surface area contributed by atoms with Crippen molar-refractivity contribution in [2.45, 2.75) is 45.6 Å². The Hall–Kier alpha value is -1.23. The third-order valence-corrected chi connectivity index (χ3v) is 3.39. The summed E-state index contributed by atoms with van der Waals surface area (Å²) in [5, 5.41) is 10.3. The highest BCUT2D eigenvalue weighted by Gasteiger charge is 2.31. The van der Waals surface area contributed by atoms with Gasteiger partial charge in [-0.2, -0.15) is 0 Å². The van der Waals surface area contributed by atoms with E-state index >= 15 is 0 Å². The minimum Gasteiger partial charge on any atom is -0.406 e. The number of rotatable bonds is 5. The first-order valence-electron chi connectivity index (χ1n) is 6.21. The molecule has 1 rings (SSSR count). The highest BCUT2D eigenvalue weighted by molar-refractivity contribution is 5.28. The quantitative estimate of drug-likeness (QED) is 0.883. The Morgan fingerprint density at radius 3 is 2.16 bits per heavy atom. The molecule has 0 aliphatic carbocycles. The largest absolute Gasteiger partial charge is 0.573 e. The Bertz CT molecular complexity index is 396. The summed E-state index contributed by atoms with van der Waals surface area (Å²) in [6.07, 6.45) is -3.44. The SMILES string of the molecule is CCC(C)C(C)(O)Cc1ccc(OC(F)(F)F)cc1. The molecule has 2 unspecified atom stereocenters. The number of alkyl halides is 3. The van der Waals surface area contributed by atoms with Gasteiger partial charge in [-0.3, -0.25) is 0 Å². The number of hydrogen-bond donors (Lipinski definition) is 1. The van der Waals surface area contributed by atoms with Crippen LogP contribution in [-0.2, 0) is 6.42 Å². The molecule has 0 aromatic heterocycles. The normalized spacial score (nSPS) is 16.8. The molecular formula is C14H19F3O2. The van der Waals surface area contributed by atoms with Crippen LogP contribution in [0.2, 0.25) is 0 Å². The Labute approximate surface area is 111 Å². The molecule has 0 aliphatic rings. The Balaban J connectivity index is 2.72. The lowest BCUT2D eigenvalue weighted by atomic mass is 9.83. The van der Waals surface area contributed by atoms with Crippen molar-refractivity contribution in [2.24, 2.45) is 5.92 Å². The van der Waals surface area contributed by atoms with Crippen LogP contribution in [0.4, 0.5) is 13.2 Å². The van der Waals surface area contributed by atoms with Crippen LogP contribution < -0.4 is 4.74 Å². The number of benzene rings is 1. The zero-order chi connectivity index (χ0) is 14.7. The van der Waals surface area contributed by atoms with Gasteiger partial charge in [0.25, 0.3) is 0 Å². The van der Waals surface area contributed by atoms with Crippen molar-refractivity contribution in [1.82, 2.24) is 0 Å². The lowest BCUT2D eigenvalue weighted by Crippen LogP contribution is -2.34. The van der Waals surface area contributed by atoms with Crippen LogP contribution in [0.15, 0.2) is 24.3 Å². The molecule has 108 valence electrons. The van der Waals surface area contributed by atoms with Gasteiger partial charge in [0.2, 0.25) is 0 Å². The molecule has 2 atom stereocenters. The molecule has 0 bridgehead atoms. The maximum atomic E-state index is 12.0. The summed E-state index contributed by atoms with van der Waals surface area (Å²) in [6, 6.07) is 5.60. The third kappa shape index (κ3) is 5.11. The lowest BCUT2D eigenvalue weighted by Gasteiger charge is -2.29. The van der Waals surface area contributed by atoms with Crippen molar-refractivity contribution in [3.63, 3.8) is 0 Å². The fourth-order valence-corrected chi connectivity index (χ4v) is 1.84. The van der Waals surface area contributed by atoms with Gasteiger partial charge in [-0.1, -0.05) is 32.4 Å². The molecule has 0 heterocycles. The number of ether oxygens (including phenoxy) is 1. The van der Waals surface area contributed by atoms with Gasteiger partial charge < -0.3 is 9.84 Å². The van der Waals surface area contributed by atoms with Gasteiger partial charge in [-0.05, 0) is 30.5 Å². The second-order valence-electron chi connectivity index (χ2n) is 5.03. The molecule has 5 heteroatoms. The molecular weight excluding hydrogens is 257 g/mol. The molecule has 2 nitrogen and oxygen atoms in total. The van der Waals surface area contributed by atoms with E-state index in [2.05, 4.69) is 4.74 Å². The zero-order valence-electron chi connectivity index (χ0n) is 11.3. The average molecular weight is 276 g/mol. The predicted octanol–water partition coefficient (Wildman–Crippen LogP) is 3.92. The summed E-state index contributed by atoms with van der Waals surface area (Å²) in [7, 11) is 0. The summed E-state index contributed by atoms with van der Waals surface area (Å²) in [4.78, 5) is 0. The van der Waals surface area contributed by atoms with E-state index in [-0.39, 0.29) is 11.7 Å². The second-order valence-corrected chi connectivity index (χ2v) is 5.03. The van der Waals surface area contributed by atoms with E-state index < -0.39 is 12.0 Å². The van der Waals surface area contributed by atoms with Crippen LogP contribution in [-0.4, -0.2) is 17.1 Å². The molecule has 1 aromatic carbocycles. The van der Waals surface area contributed by atoms with Crippen LogP contribution in [0.25, 0.3) is 0 Å². The smallest absolute Gasteiger partial charge is 0.406 e. The van der Waals surface area contributed by atoms with Crippen LogP contribution >= 0.6 is 0 Å². The predicted molar refractivity (Wildman–Crippen MR) is 66.9 cm³/mol. The third-order valence-electron chi connectivity index (χ3n) is 3.39. The maximum Gasteiger partial charge on any atom is 0.573 e. The van der Waals surface area contributed by atoms with Crippen molar-refractivity contribution in [2.75, 3.05) is 0 Å². The first kappa shape index (κ1) is 15.8. The van der Waals surface area contributed by atoms with Crippen LogP contribution in [0.5, 0.6) is 5.75 Å². The standard InChI is InChI=1S/C14H19F3O2/c1-4-10(2)13(3,18)9-11-5-7-12(8-6-11)19-14(15,16)17/h5-8,10,18H,4,9H2,1-3H3. The van der Waals surface area contributed by atoms with Gasteiger partial charge in [0, 0.05) is 6.42 Å². The first-order valence-corrected chi connectivity index (χ1v) is 6.21. The Morgan fingerprint density at radius 1 is 1.21 bits per heavy atom. The zero-order valence-corrected chi connectivity index (χ0v) is 11.3. The van der Waals surface area contributed by atoms with Gasteiger partial charge in [0.1, 0.15) is 5.75 Å². The topological polar surface area (TPSA) is 29.5 Å². The van der Waals surface area contributed by atoms with E-state index in [1.807, 2.05) is 13.8 Å². The monoisotopic (exact) mass is 276 g/mol. The minimum absolute atomic E-state index is 0.110. The van der Waals surface area contributed by atoms with Gasteiger partial charge >= 0.3 is 6.36 Å². The minimum atomic E-state index is -4.68. The lowest BCUT2D eigenvalue weighted by molar-refractivity contribution is -0.274. The van der Waals surface area contributed by atoms with Crippen molar-refractivity contribution in [3.8, 4) is 5.75 Å². The molecule has 0 saturated carbocycles. The summed E-state index contributed by atoms with van der Waals surface area (Å²) >= 11 is 0. The van der Waals surface area contributed by atoms with Crippen molar-refractivity contribution >= 4 is 0 Å².